The van der Waals surface area contributed by atoms with E-state index in [9.17, 15) is 4.79 Å². The fraction of sp³-hybridized carbons (Fsp3) is 0.308. The molecule has 1 saturated heterocycles. The Hall–Kier alpha value is -1.48. The van der Waals surface area contributed by atoms with Crippen LogP contribution in [0.25, 0.3) is 0 Å². The van der Waals surface area contributed by atoms with Crippen LogP contribution in [0.4, 0.5) is 11.4 Å². The molecule has 0 spiro atoms. The van der Waals surface area contributed by atoms with Gasteiger partial charge in [-0.3, -0.25) is 4.79 Å². The number of nitrogens with zero attached hydrogens (tertiary/aromatic N) is 1. The molecule has 90 valence electrons. The van der Waals surface area contributed by atoms with E-state index in [1.165, 1.54) is 0 Å². The molecule has 4 heteroatoms. The molecule has 0 radical (unpaired) electrons. The van der Waals surface area contributed by atoms with Crippen molar-refractivity contribution >= 4 is 28.9 Å². The summed E-state index contributed by atoms with van der Waals surface area (Å²) in [5.74, 6) is 0.293. The standard InChI is InChI=1S/C13H15ClN2O/c1-3-9-5-13(17)16(7-9)12-4-8(2)10(14)6-11(12)15/h3-4,6,9H,1,5,7,15H2,2H3. The summed E-state index contributed by atoms with van der Waals surface area (Å²) >= 11 is 5.99. The molecule has 0 aliphatic carbocycles. The normalized spacial score (nSPS) is 19.8. The summed E-state index contributed by atoms with van der Waals surface area (Å²) in [6.07, 6.45) is 2.32. The number of hydrogen-bond acceptors (Lipinski definition) is 2. The zero-order valence-electron chi connectivity index (χ0n) is 9.74. The van der Waals surface area contributed by atoms with Crippen LogP contribution in [0, 0.1) is 12.8 Å². The topological polar surface area (TPSA) is 46.3 Å². The van der Waals surface area contributed by atoms with Gasteiger partial charge < -0.3 is 10.6 Å². The van der Waals surface area contributed by atoms with Crippen molar-refractivity contribution in [2.45, 2.75) is 13.3 Å². The van der Waals surface area contributed by atoms with Crippen LogP contribution in [0.3, 0.4) is 0 Å². The first-order valence-corrected chi connectivity index (χ1v) is 5.89. The second-order valence-corrected chi connectivity index (χ2v) is 4.77. The molecule has 1 amide bonds. The number of carbonyl (C=O) groups excluding carboxylic acids is 1. The molecule has 1 heterocycles. The van der Waals surface area contributed by atoms with Gasteiger partial charge >= 0.3 is 0 Å². The number of halogens is 1. The summed E-state index contributed by atoms with van der Waals surface area (Å²) in [4.78, 5) is 13.6. The predicted molar refractivity (Wildman–Crippen MR) is 71.3 cm³/mol. The van der Waals surface area contributed by atoms with Gasteiger partial charge in [0.05, 0.1) is 11.4 Å². The number of anilines is 2. The maximum absolute atomic E-state index is 11.9. The number of carbonyl (C=O) groups is 1. The maximum atomic E-state index is 11.9. The summed E-state index contributed by atoms with van der Waals surface area (Å²) in [6, 6.07) is 3.56. The zero-order valence-corrected chi connectivity index (χ0v) is 10.5. The molecular weight excluding hydrogens is 236 g/mol. The number of aryl methyl sites for hydroxylation is 1. The van der Waals surface area contributed by atoms with Crippen molar-refractivity contribution in [1.82, 2.24) is 0 Å². The maximum Gasteiger partial charge on any atom is 0.227 e. The summed E-state index contributed by atoms with van der Waals surface area (Å²) in [5.41, 5.74) is 8.13. The van der Waals surface area contributed by atoms with Gasteiger partial charge in [0.15, 0.2) is 0 Å². The van der Waals surface area contributed by atoms with E-state index in [1.807, 2.05) is 19.1 Å². The molecule has 1 unspecified atom stereocenters. The van der Waals surface area contributed by atoms with Gasteiger partial charge in [0, 0.05) is 23.9 Å². The van der Waals surface area contributed by atoms with Gasteiger partial charge in [-0.2, -0.15) is 0 Å². The van der Waals surface area contributed by atoms with Gasteiger partial charge in [-0.1, -0.05) is 17.7 Å². The Morgan fingerprint density at radius 3 is 2.88 bits per heavy atom. The average Bonchev–Trinajstić information content (AvgIpc) is 2.65. The summed E-state index contributed by atoms with van der Waals surface area (Å²) in [6.45, 7) is 6.27. The van der Waals surface area contributed by atoms with Crippen molar-refractivity contribution in [2.24, 2.45) is 5.92 Å². The average molecular weight is 251 g/mol. The lowest BCUT2D eigenvalue weighted by Crippen LogP contribution is -2.25. The van der Waals surface area contributed by atoms with E-state index >= 15 is 0 Å². The van der Waals surface area contributed by atoms with Crippen LogP contribution in [-0.2, 0) is 4.79 Å². The van der Waals surface area contributed by atoms with E-state index < -0.39 is 0 Å². The summed E-state index contributed by atoms with van der Waals surface area (Å²) in [5, 5.41) is 0.623. The SMILES string of the molecule is C=CC1CC(=O)N(c2cc(C)c(Cl)cc2N)C1. The van der Waals surface area contributed by atoms with Gasteiger partial charge in [0.25, 0.3) is 0 Å². The van der Waals surface area contributed by atoms with Crippen LogP contribution in [0.5, 0.6) is 0 Å². The Bertz CT molecular complexity index is 485. The highest BCUT2D eigenvalue weighted by Gasteiger charge is 2.29. The lowest BCUT2D eigenvalue weighted by atomic mass is 10.1. The van der Waals surface area contributed by atoms with Crippen LogP contribution in [0.1, 0.15) is 12.0 Å². The van der Waals surface area contributed by atoms with Gasteiger partial charge in [-0.15, -0.1) is 6.58 Å². The fourth-order valence-electron chi connectivity index (χ4n) is 2.04. The minimum Gasteiger partial charge on any atom is -0.397 e. The van der Waals surface area contributed by atoms with E-state index in [1.54, 1.807) is 11.0 Å². The first kappa shape index (κ1) is 12.0. The molecule has 2 N–H and O–H groups in total. The number of hydrogen-bond donors (Lipinski definition) is 1. The van der Waals surface area contributed by atoms with E-state index in [0.29, 0.717) is 23.7 Å². The van der Waals surface area contributed by atoms with Crippen LogP contribution >= 0.6 is 11.6 Å². The van der Waals surface area contributed by atoms with Gasteiger partial charge in [0.2, 0.25) is 5.91 Å². The lowest BCUT2D eigenvalue weighted by molar-refractivity contribution is -0.117. The quantitative estimate of drug-likeness (QED) is 0.648. The molecule has 0 bridgehead atoms. The van der Waals surface area contributed by atoms with Crippen LogP contribution in [0.2, 0.25) is 5.02 Å². The minimum absolute atomic E-state index is 0.0864. The second-order valence-electron chi connectivity index (χ2n) is 4.36. The molecule has 1 aliphatic rings. The molecule has 3 nitrogen and oxygen atoms in total. The van der Waals surface area contributed by atoms with Crippen molar-refractivity contribution in [3.63, 3.8) is 0 Å². The molecule has 1 aromatic carbocycles. The molecule has 0 saturated carbocycles. The monoisotopic (exact) mass is 250 g/mol. The summed E-state index contributed by atoms with van der Waals surface area (Å²) < 4.78 is 0. The highest BCUT2D eigenvalue weighted by molar-refractivity contribution is 6.31. The van der Waals surface area contributed by atoms with E-state index in [2.05, 4.69) is 6.58 Å². The van der Waals surface area contributed by atoms with Gasteiger partial charge in [0.1, 0.15) is 0 Å². The van der Waals surface area contributed by atoms with Crippen molar-refractivity contribution in [2.75, 3.05) is 17.2 Å². The number of nitrogens with two attached hydrogens (primary N) is 1. The van der Waals surface area contributed by atoms with Crippen molar-refractivity contribution in [1.29, 1.82) is 0 Å². The van der Waals surface area contributed by atoms with Crippen LogP contribution < -0.4 is 10.6 Å². The first-order valence-electron chi connectivity index (χ1n) is 5.51. The van der Waals surface area contributed by atoms with Crippen molar-refractivity contribution in [3.05, 3.63) is 35.4 Å². The van der Waals surface area contributed by atoms with Gasteiger partial charge in [-0.05, 0) is 24.6 Å². The third-order valence-electron chi connectivity index (χ3n) is 3.09. The predicted octanol–water partition coefficient (Wildman–Crippen LogP) is 2.77. The molecule has 1 fully saturated rings. The Kier molecular flexibility index (Phi) is 3.11. The Morgan fingerprint density at radius 2 is 2.29 bits per heavy atom. The lowest BCUT2D eigenvalue weighted by Gasteiger charge is -2.19. The highest BCUT2D eigenvalue weighted by atomic mass is 35.5. The van der Waals surface area contributed by atoms with Crippen molar-refractivity contribution < 1.29 is 4.79 Å². The first-order chi connectivity index (χ1) is 8.02. The zero-order chi connectivity index (χ0) is 12.6. The van der Waals surface area contributed by atoms with E-state index in [0.717, 1.165) is 11.3 Å². The fourth-order valence-corrected chi connectivity index (χ4v) is 2.21. The largest absolute Gasteiger partial charge is 0.397 e. The van der Waals surface area contributed by atoms with Crippen LogP contribution in [0.15, 0.2) is 24.8 Å². The smallest absolute Gasteiger partial charge is 0.227 e. The Morgan fingerprint density at radius 1 is 1.59 bits per heavy atom. The third-order valence-corrected chi connectivity index (χ3v) is 3.49. The minimum atomic E-state index is 0.0864. The van der Waals surface area contributed by atoms with Crippen LogP contribution in [-0.4, -0.2) is 12.5 Å². The third kappa shape index (κ3) is 2.15. The molecular formula is C13H15ClN2O. The van der Waals surface area contributed by atoms with Gasteiger partial charge in [-0.25, -0.2) is 0 Å². The molecule has 1 aliphatic heterocycles. The number of rotatable bonds is 2. The highest BCUT2D eigenvalue weighted by Crippen LogP contribution is 2.33. The van der Waals surface area contributed by atoms with Crippen molar-refractivity contribution in [3.8, 4) is 0 Å². The molecule has 1 atom stereocenters. The molecule has 1 aromatic rings. The Labute approximate surface area is 106 Å². The summed E-state index contributed by atoms with van der Waals surface area (Å²) in [7, 11) is 0. The number of nitrogen functional groups attached to an aromatic ring is 1. The van der Waals surface area contributed by atoms with E-state index in [-0.39, 0.29) is 11.8 Å². The van der Waals surface area contributed by atoms with E-state index in [4.69, 9.17) is 17.3 Å². The number of amides is 1. The Balaban J connectivity index is 2.38. The molecule has 0 aromatic heterocycles. The second kappa shape index (κ2) is 4.41. The molecule has 17 heavy (non-hydrogen) atoms. The number of benzene rings is 1. The molecule has 2 rings (SSSR count).